The van der Waals surface area contributed by atoms with Crippen LogP contribution in [0.1, 0.15) is 15.9 Å². The summed E-state index contributed by atoms with van der Waals surface area (Å²) in [6.45, 7) is 2.40. The first-order chi connectivity index (χ1) is 13.0. The molecule has 0 bridgehead atoms. The molecule has 0 aliphatic carbocycles. The molecule has 9 heteroatoms. The van der Waals surface area contributed by atoms with Crippen LogP contribution in [0.25, 0.3) is 16.7 Å². The smallest absolute Gasteiger partial charge is 0.278 e. The summed E-state index contributed by atoms with van der Waals surface area (Å²) >= 11 is 0. The molecule has 4 N–H and O–H groups in total. The number of carbonyl (C=O) groups excluding carboxylic acids is 1. The van der Waals surface area contributed by atoms with Crippen molar-refractivity contribution in [2.45, 2.75) is 13.5 Å². The number of pyridine rings is 2. The van der Waals surface area contributed by atoms with Gasteiger partial charge in [-0.1, -0.05) is 11.1 Å². The Morgan fingerprint density at radius 1 is 1.48 bits per heavy atom. The Hall–Kier alpha value is -3.04. The summed E-state index contributed by atoms with van der Waals surface area (Å²) in [7, 11) is 1.53. The topological polar surface area (TPSA) is 123 Å². The summed E-state index contributed by atoms with van der Waals surface area (Å²) in [6.07, 6.45) is 1.63. The number of nitrogens with two attached hydrogens (primary N) is 1. The highest BCUT2D eigenvalue weighted by molar-refractivity contribution is 6.00. The van der Waals surface area contributed by atoms with Gasteiger partial charge >= 0.3 is 0 Å². The Morgan fingerprint density at radius 2 is 2.26 bits per heavy atom. The number of hydrogen-bond acceptors (Lipinski definition) is 6. The highest BCUT2D eigenvalue weighted by Gasteiger charge is 2.24. The van der Waals surface area contributed by atoms with Crippen LogP contribution in [0, 0.1) is 6.92 Å². The van der Waals surface area contributed by atoms with Crippen LogP contribution >= 0.6 is 0 Å². The Morgan fingerprint density at radius 3 is 2.96 bits per heavy atom. The summed E-state index contributed by atoms with van der Waals surface area (Å²) in [6, 6.07) is 5.06. The van der Waals surface area contributed by atoms with Gasteiger partial charge in [-0.3, -0.25) is 14.0 Å². The van der Waals surface area contributed by atoms with Gasteiger partial charge in [-0.05, 0) is 19.1 Å². The number of carbonyl (C=O) groups is 1. The molecule has 0 saturated carbocycles. The van der Waals surface area contributed by atoms with Crippen LogP contribution in [0.5, 0.6) is 0 Å². The largest absolute Gasteiger partial charge is 0.393 e. The number of aliphatic hydroxyl groups excluding tert-OH is 1. The van der Waals surface area contributed by atoms with E-state index in [1.54, 1.807) is 12.3 Å². The minimum absolute atomic E-state index is 0.107. The number of amides is 1. The molecule has 142 valence electrons. The molecule has 3 heterocycles. The van der Waals surface area contributed by atoms with E-state index in [1.807, 2.05) is 13.0 Å². The van der Waals surface area contributed by atoms with E-state index in [4.69, 9.17) is 10.5 Å². The third-order valence-corrected chi connectivity index (χ3v) is 4.34. The number of fused-ring (bicyclic) bond motifs is 2. The lowest BCUT2D eigenvalue weighted by molar-refractivity contribution is -0.660. The monoisotopic (exact) mass is 372 g/mol. The molecule has 0 unspecified atom stereocenters. The molecule has 9 nitrogen and oxygen atoms in total. The summed E-state index contributed by atoms with van der Waals surface area (Å²) in [5.41, 5.74) is 7.68. The van der Waals surface area contributed by atoms with Crippen molar-refractivity contribution in [1.82, 2.24) is 14.7 Å². The number of aromatic nitrogens is 3. The maximum atomic E-state index is 13.0. The molecule has 0 fully saturated rings. The van der Waals surface area contributed by atoms with Crippen molar-refractivity contribution in [3.8, 4) is 0 Å². The van der Waals surface area contributed by atoms with Gasteiger partial charge < -0.3 is 20.9 Å². The van der Waals surface area contributed by atoms with E-state index in [0.717, 1.165) is 5.56 Å². The molecule has 0 atom stereocenters. The maximum Gasteiger partial charge on any atom is 0.278 e. The molecular weight excluding hydrogens is 350 g/mol. The highest BCUT2D eigenvalue weighted by Crippen LogP contribution is 2.15. The first kappa shape index (κ1) is 18.7. The van der Waals surface area contributed by atoms with E-state index in [2.05, 4.69) is 10.3 Å². The zero-order valence-electron chi connectivity index (χ0n) is 15.2. The van der Waals surface area contributed by atoms with Crippen LogP contribution in [0.4, 0.5) is 5.82 Å². The van der Waals surface area contributed by atoms with Gasteiger partial charge in [0.2, 0.25) is 11.5 Å². The van der Waals surface area contributed by atoms with E-state index in [-0.39, 0.29) is 35.5 Å². The second kappa shape index (κ2) is 7.68. The number of aliphatic hydroxyl groups is 1. The SMILES string of the molecule is COCCNC(=O)c1cc2c(=O)n3cccc(C)c3nc2[n+](CCO)c1N. The lowest BCUT2D eigenvalue weighted by Gasteiger charge is -2.12. The number of nitrogens with zero attached hydrogens (tertiary/aromatic N) is 3. The number of nitrogens with one attached hydrogen (secondary N) is 1. The molecule has 0 saturated heterocycles. The predicted molar refractivity (Wildman–Crippen MR) is 99.6 cm³/mol. The van der Waals surface area contributed by atoms with E-state index in [0.29, 0.717) is 24.4 Å². The molecule has 0 radical (unpaired) electrons. The van der Waals surface area contributed by atoms with Crippen LogP contribution in [0.15, 0.2) is 29.2 Å². The van der Waals surface area contributed by atoms with E-state index >= 15 is 0 Å². The lowest BCUT2D eigenvalue weighted by atomic mass is 10.1. The number of nitrogen functional groups attached to an aromatic ring is 1. The second-order valence-corrected chi connectivity index (χ2v) is 6.11. The molecule has 3 rings (SSSR count). The Labute approximate surface area is 155 Å². The second-order valence-electron chi connectivity index (χ2n) is 6.11. The van der Waals surface area contributed by atoms with Gasteiger partial charge in [0.1, 0.15) is 10.9 Å². The van der Waals surface area contributed by atoms with Crippen molar-refractivity contribution in [1.29, 1.82) is 0 Å². The Kier molecular flexibility index (Phi) is 5.33. The van der Waals surface area contributed by atoms with Crippen LogP contribution in [-0.2, 0) is 11.3 Å². The zero-order valence-corrected chi connectivity index (χ0v) is 15.2. The van der Waals surface area contributed by atoms with E-state index in [9.17, 15) is 14.7 Å². The third kappa shape index (κ3) is 3.34. The summed E-state index contributed by atoms with van der Waals surface area (Å²) in [4.78, 5) is 30.1. The number of aryl methyl sites for hydroxylation is 1. The number of anilines is 1. The van der Waals surface area contributed by atoms with Crippen LogP contribution in [0.3, 0.4) is 0 Å². The third-order valence-electron chi connectivity index (χ3n) is 4.34. The molecule has 3 aromatic rings. The van der Waals surface area contributed by atoms with Gasteiger partial charge in [0.15, 0.2) is 0 Å². The van der Waals surface area contributed by atoms with Gasteiger partial charge in [-0.15, -0.1) is 0 Å². The average Bonchev–Trinajstić information content (AvgIpc) is 2.65. The first-order valence-electron chi connectivity index (χ1n) is 8.51. The fourth-order valence-electron chi connectivity index (χ4n) is 2.98. The molecule has 0 aliphatic rings. The fraction of sp³-hybridized carbons (Fsp3) is 0.333. The van der Waals surface area contributed by atoms with E-state index in [1.165, 1.54) is 22.1 Å². The van der Waals surface area contributed by atoms with Gasteiger partial charge in [0.25, 0.3) is 17.1 Å². The molecule has 1 amide bonds. The maximum absolute atomic E-state index is 13.0. The predicted octanol–water partition coefficient (Wildman–Crippen LogP) is -0.606. The number of ether oxygens (including phenoxy) is 1. The van der Waals surface area contributed by atoms with Crippen LogP contribution < -0.4 is 21.2 Å². The van der Waals surface area contributed by atoms with Gasteiger partial charge in [0.05, 0.1) is 19.8 Å². The van der Waals surface area contributed by atoms with Crippen LogP contribution in [0.2, 0.25) is 0 Å². The lowest BCUT2D eigenvalue weighted by Crippen LogP contribution is -2.44. The van der Waals surface area contributed by atoms with Gasteiger partial charge in [-0.2, -0.15) is 0 Å². The molecular formula is C18H22N5O4+. The Bertz CT molecular complexity index is 1080. The normalized spacial score (nSPS) is 11.2. The average molecular weight is 372 g/mol. The number of hydrogen-bond donors (Lipinski definition) is 3. The molecule has 0 aromatic carbocycles. The van der Waals surface area contributed by atoms with Crippen molar-refractivity contribution >= 4 is 28.4 Å². The van der Waals surface area contributed by atoms with Crippen molar-refractivity contribution < 1.29 is 19.2 Å². The fourth-order valence-corrected chi connectivity index (χ4v) is 2.98. The molecule has 3 aromatic heterocycles. The molecule has 0 spiro atoms. The zero-order chi connectivity index (χ0) is 19.6. The molecule has 27 heavy (non-hydrogen) atoms. The van der Waals surface area contributed by atoms with Crippen LogP contribution in [-0.4, -0.2) is 47.3 Å². The molecule has 0 aliphatic heterocycles. The summed E-state index contributed by atoms with van der Waals surface area (Å²) < 4.78 is 7.85. The Balaban J connectivity index is 2.29. The quantitative estimate of drug-likeness (QED) is 0.301. The first-order valence-corrected chi connectivity index (χ1v) is 8.51. The van der Waals surface area contributed by atoms with Crippen molar-refractivity contribution in [2.75, 3.05) is 32.6 Å². The summed E-state index contributed by atoms with van der Waals surface area (Å²) in [5.74, 6) is -0.289. The summed E-state index contributed by atoms with van der Waals surface area (Å²) in [5, 5.41) is 12.4. The van der Waals surface area contributed by atoms with Crippen molar-refractivity contribution in [3.63, 3.8) is 0 Å². The van der Waals surface area contributed by atoms with Crippen molar-refractivity contribution in [2.24, 2.45) is 0 Å². The van der Waals surface area contributed by atoms with Gasteiger partial charge in [-0.25, -0.2) is 4.57 Å². The highest BCUT2D eigenvalue weighted by atomic mass is 16.5. The minimum Gasteiger partial charge on any atom is -0.393 e. The minimum atomic E-state index is -0.424. The van der Waals surface area contributed by atoms with E-state index < -0.39 is 5.91 Å². The number of methoxy groups -OCH3 is 1. The van der Waals surface area contributed by atoms with Gasteiger partial charge in [0, 0.05) is 25.4 Å². The van der Waals surface area contributed by atoms with Crippen molar-refractivity contribution in [3.05, 3.63) is 45.9 Å². The number of rotatable bonds is 6. The standard InChI is InChI=1S/C18H21N5O4/c1-11-4-3-6-23-15(11)21-16-13(18(23)26)10-12(14(19)22(16)7-8-24)17(25)20-5-9-27-2/h3-4,6,10,19,24H,5,7-9H2,1-2H3,(H,20,25)/p+1.